The van der Waals surface area contributed by atoms with Crippen molar-refractivity contribution in [2.45, 2.75) is 167 Å². The van der Waals surface area contributed by atoms with Gasteiger partial charge in [-0.15, -0.1) is 0 Å². The normalized spacial score (nSPS) is 24.3. The van der Waals surface area contributed by atoms with E-state index in [0.717, 1.165) is 38.5 Å². The molecule has 6 nitrogen and oxygen atoms in total. The van der Waals surface area contributed by atoms with E-state index in [1.54, 1.807) is 13.8 Å². The average molecular weight is 623 g/mol. The van der Waals surface area contributed by atoms with E-state index in [2.05, 4.69) is 38.2 Å². The summed E-state index contributed by atoms with van der Waals surface area (Å²) < 4.78 is 36.6. The van der Waals surface area contributed by atoms with Crippen LogP contribution in [0.4, 0.5) is 0 Å². The van der Waals surface area contributed by atoms with E-state index in [-0.39, 0.29) is 24.4 Å². The van der Waals surface area contributed by atoms with Crippen molar-refractivity contribution in [1.82, 2.24) is 0 Å². The SMILES string of the molecule is CCCCCCCCCC1(OCC(C)OP(=O)(O)OC(C)COC2(CCCCCCCCC)C=CC=CC2)C=CC=CC1. The molecular weight excluding hydrogens is 559 g/mol. The van der Waals surface area contributed by atoms with Gasteiger partial charge in [-0.25, -0.2) is 4.57 Å². The summed E-state index contributed by atoms with van der Waals surface area (Å²) in [6.07, 6.45) is 36.5. The fourth-order valence-corrected chi connectivity index (χ4v) is 6.97. The fourth-order valence-electron chi connectivity index (χ4n) is 5.89. The second-order valence-electron chi connectivity index (χ2n) is 12.8. The van der Waals surface area contributed by atoms with Gasteiger partial charge in [0.1, 0.15) is 0 Å². The number of rotatable bonds is 26. The van der Waals surface area contributed by atoms with E-state index >= 15 is 0 Å². The monoisotopic (exact) mass is 622 g/mol. The predicted molar refractivity (Wildman–Crippen MR) is 179 cm³/mol. The molecule has 0 spiro atoms. The van der Waals surface area contributed by atoms with Gasteiger partial charge in [0.2, 0.25) is 0 Å². The van der Waals surface area contributed by atoms with Crippen LogP contribution in [0.25, 0.3) is 0 Å². The molecule has 0 saturated carbocycles. The predicted octanol–water partition coefficient (Wildman–Crippen LogP) is 10.7. The van der Waals surface area contributed by atoms with Crippen LogP contribution in [0.2, 0.25) is 0 Å². The summed E-state index contributed by atoms with van der Waals surface area (Å²) in [7, 11) is -4.29. The minimum absolute atomic E-state index is 0.214. The average Bonchev–Trinajstić information content (AvgIpc) is 2.99. The van der Waals surface area contributed by atoms with Crippen LogP contribution in [-0.2, 0) is 23.1 Å². The molecule has 0 bridgehead atoms. The van der Waals surface area contributed by atoms with E-state index < -0.39 is 20.0 Å². The minimum atomic E-state index is -4.29. The highest BCUT2D eigenvalue weighted by Crippen LogP contribution is 2.46. The molecule has 0 heterocycles. The van der Waals surface area contributed by atoms with Crippen LogP contribution in [0.5, 0.6) is 0 Å². The lowest BCUT2D eigenvalue weighted by atomic mass is 9.89. The number of unbranched alkanes of at least 4 members (excludes halogenated alkanes) is 12. The summed E-state index contributed by atoms with van der Waals surface area (Å²) >= 11 is 0. The lowest BCUT2D eigenvalue weighted by Crippen LogP contribution is -2.35. The Hall–Kier alpha value is -1.01. The molecule has 0 radical (unpaired) electrons. The molecule has 2 aliphatic carbocycles. The lowest BCUT2D eigenvalue weighted by Gasteiger charge is -2.34. The Balaban J connectivity index is 1.75. The Bertz CT molecular complexity index is 830. The van der Waals surface area contributed by atoms with E-state index in [0.29, 0.717) is 0 Å². The van der Waals surface area contributed by atoms with Crippen LogP contribution in [0.3, 0.4) is 0 Å². The molecule has 2 rings (SSSR count). The topological polar surface area (TPSA) is 74.2 Å². The van der Waals surface area contributed by atoms with Gasteiger partial charge in [0.25, 0.3) is 0 Å². The molecule has 4 atom stereocenters. The van der Waals surface area contributed by atoms with E-state index in [4.69, 9.17) is 18.5 Å². The van der Waals surface area contributed by atoms with Gasteiger partial charge in [-0.3, -0.25) is 9.05 Å². The van der Waals surface area contributed by atoms with Gasteiger partial charge in [-0.2, -0.15) is 0 Å². The first kappa shape index (κ1) is 38.2. The van der Waals surface area contributed by atoms with Crippen molar-refractivity contribution in [3.63, 3.8) is 0 Å². The second-order valence-corrected chi connectivity index (χ2v) is 14.1. The van der Waals surface area contributed by atoms with Gasteiger partial charge in [-0.1, -0.05) is 152 Å². The lowest BCUT2D eigenvalue weighted by molar-refractivity contribution is -0.0662. The number of allylic oxidation sites excluding steroid dienone is 4. The van der Waals surface area contributed by atoms with Crippen molar-refractivity contribution in [1.29, 1.82) is 0 Å². The Morgan fingerprint density at radius 3 is 1.35 bits per heavy atom. The summed E-state index contributed by atoms with van der Waals surface area (Å²) in [5, 5.41) is 0. The number of hydrogen-bond acceptors (Lipinski definition) is 5. The maximum atomic E-state index is 12.9. The summed E-state index contributed by atoms with van der Waals surface area (Å²) in [5.41, 5.74) is -0.772. The van der Waals surface area contributed by atoms with Gasteiger partial charge in [-0.05, 0) is 39.5 Å². The number of phosphoric ester groups is 1. The Labute approximate surface area is 264 Å². The third-order valence-electron chi connectivity index (χ3n) is 8.47. The molecule has 7 heteroatoms. The molecule has 248 valence electrons. The molecule has 0 aliphatic heterocycles. The first-order chi connectivity index (χ1) is 20.7. The molecule has 0 fully saturated rings. The van der Waals surface area contributed by atoms with Crippen LogP contribution < -0.4 is 0 Å². The maximum absolute atomic E-state index is 12.9. The third kappa shape index (κ3) is 16.8. The van der Waals surface area contributed by atoms with Crippen molar-refractivity contribution in [3.8, 4) is 0 Å². The molecule has 0 aromatic carbocycles. The highest BCUT2D eigenvalue weighted by atomic mass is 31.2. The zero-order valence-electron chi connectivity index (χ0n) is 27.9. The first-order valence-electron chi connectivity index (χ1n) is 17.4. The van der Waals surface area contributed by atoms with Crippen molar-refractivity contribution >= 4 is 7.82 Å². The standard InChI is InChI=1S/C36H63O6P/c1-5-7-9-11-13-15-19-25-35(27-21-17-22-28-35)39-31-33(3)41-43(37,38)42-34(4)32-40-36(29-23-18-24-30-36)26-20-16-14-12-10-8-6-2/h17-18,21-24,27,29,33-34H,5-16,19-20,25-26,28,30-32H2,1-4H3,(H,37,38). The Morgan fingerprint density at radius 2 is 1.00 bits per heavy atom. The fraction of sp³-hybridized carbons (Fsp3) is 0.778. The molecule has 43 heavy (non-hydrogen) atoms. The smallest absolute Gasteiger partial charge is 0.368 e. The van der Waals surface area contributed by atoms with Gasteiger partial charge < -0.3 is 14.4 Å². The Morgan fingerprint density at radius 1 is 0.628 bits per heavy atom. The van der Waals surface area contributed by atoms with E-state index in [1.165, 1.54) is 77.0 Å². The zero-order chi connectivity index (χ0) is 31.3. The maximum Gasteiger partial charge on any atom is 0.472 e. The van der Waals surface area contributed by atoms with Crippen molar-refractivity contribution in [3.05, 3.63) is 48.6 Å². The molecule has 0 aromatic heterocycles. The van der Waals surface area contributed by atoms with Gasteiger partial charge in [0.15, 0.2) is 0 Å². The summed E-state index contributed by atoms with van der Waals surface area (Å²) in [5.74, 6) is 0. The van der Waals surface area contributed by atoms with Crippen LogP contribution in [0.1, 0.15) is 143 Å². The molecule has 0 aromatic rings. The van der Waals surface area contributed by atoms with Gasteiger partial charge >= 0.3 is 7.82 Å². The highest BCUT2D eigenvalue weighted by Gasteiger charge is 2.33. The second kappa shape index (κ2) is 21.7. The van der Waals surface area contributed by atoms with E-state index in [9.17, 15) is 9.46 Å². The van der Waals surface area contributed by atoms with E-state index in [1.807, 2.05) is 24.3 Å². The largest absolute Gasteiger partial charge is 0.472 e. The number of phosphoric acid groups is 1. The Kier molecular flexibility index (Phi) is 19.2. The molecule has 1 N–H and O–H groups in total. The van der Waals surface area contributed by atoms with Crippen LogP contribution in [-0.4, -0.2) is 41.5 Å². The number of ether oxygens (including phenoxy) is 2. The van der Waals surface area contributed by atoms with Gasteiger partial charge in [0, 0.05) is 0 Å². The van der Waals surface area contributed by atoms with Crippen molar-refractivity contribution < 1.29 is 28.0 Å². The molecule has 4 unspecified atom stereocenters. The van der Waals surface area contributed by atoms with Gasteiger partial charge in [0.05, 0.1) is 36.6 Å². The molecule has 0 saturated heterocycles. The summed E-state index contributed by atoms with van der Waals surface area (Å²) in [6.45, 7) is 8.43. The number of hydrogen-bond donors (Lipinski definition) is 1. The quantitative estimate of drug-likeness (QED) is 0.0764. The summed E-state index contributed by atoms with van der Waals surface area (Å²) in [6, 6.07) is 0. The molecular formula is C36H63O6P. The molecule has 2 aliphatic rings. The summed E-state index contributed by atoms with van der Waals surface area (Å²) in [4.78, 5) is 10.5. The van der Waals surface area contributed by atoms with Crippen LogP contribution >= 0.6 is 7.82 Å². The van der Waals surface area contributed by atoms with Crippen molar-refractivity contribution in [2.24, 2.45) is 0 Å². The highest BCUT2D eigenvalue weighted by molar-refractivity contribution is 7.47. The van der Waals surface area contributed by atoms with Crippen LogP contribution in [0.15, 0.2) is 48.6 Å². The minimum Gasteiger partial charge on any atom is -0.368 e. The third-order valence-corrected chi connectivity index (χ3v) is 9.72. The molecule has 0 amide bonds. The van der Waals surface area contributed by atoms with Crippen molar-refractivity contribution in [2.75, 3.05) is 13.2 Å². The zero-order valence-corrected chi connectivity index (χ0v) is 28.7. The van der Waals surface area contributed by atoms with Crippen LogP contribution in [0, 0.1) is 0 Å². The first-order valence-corrected chi connectivity index (χ1v) is 18.9.